The third-order valence-corrected chi connectivity index (χ3v) is 4.30. The van der Waals surface area contributed by atoms with Crippen LogP contribution in [0.4, 0.5) is 0 Å². The van der Waals surface area contributed by atoms with E-state index in [-0.39, 0.29) is 0 Å². The molecule has 5 heteroatoms. The Kier molecular flexibility index (Phi) is 3.49. The molecule has 2 heterocycles. The molecule has 0 unspecified atom stereocenters. The molecule has 2 aromatic rings. The van der Waals surface area contributed by atoms with Crippen molar-refractivity contribution in [3.05, 3.63) is 27.5 Å². The predicted octanol–water partition coefficient (Wildman–Crippen LogP) is 4.26. The zero-order chi connectivity index (χ0) is 10.8. The van der Waals surface area contributed by atoms with E-state index in [4.69, 9.17) is 16.0 Å². The minimum atomic E-state index is 0.535. The molecule has 0 spiro atoms. The first-order valence-electron chi connectivity index (χ1n) is 4.47. The lowest BCUT2D eigenvalue weighted by atomic mass is 10.3. The fraction of sp³-hybridized carbons (Fsp3) is 0.300. The minimum absolute atomic E-state index is 0.535. The van der Waals surface area contributed by atoms with Gasteiger partial charge in [-0.15, -0.1) is 22.9 Å². The first-order chi connectivity index (χ1) is 7.20. The second-order valence-electron chi connectivity index (χ2n) is 3.12. The van der Waals surface area contributed by atoms with Crippen LogP contribution in [0.25, 0.3) is 10.6 Å². The van der Waals surface area contributed by atoms with E-state index in [0.29, 0.717) is 18.2 Å². The van der Waals surface area contributed by atoms with Crippen LogP contribution in [0.2, 0.25) is 0 Å². The summed E-state index contributed by atoms with van der Waals surface area (Å²) in [6, 6.07) is 2.08. The van der Waals surface area contributed by atoms with Gasteiger partial charge in [-0.1, -0.05) is 0 Å². The van der Waals surface area contributed by atoms with E-state index < -0.39 is 0 Å². The van der Waals surface area contributed by atoms with Gasteiger partial charge >= 0.3 is 0 Å². The predicted molar refractivity (Wildman–Crippen MR) is 66.7 cm³/mol. The number of alkyl halides is 1. The minimum Gasteiger partial charge on any atom is -0.440 e. The first kappa shape index (κ1) is 11.2. The Labute approximate surface area is 105 Å². The fourth-order valence-electron chi connectivity index (χ4n) is 1.20. The number of hydrogen-bond donors (Lipinski definition) is 0. The average Bonchev–Trinajstić information content (AvgIpc) is 2.76. The summed E-state index contributed by atoms with van der Waals surface area (Å²) in [5.41, 5.74) is 1.21. The van der Waals surface area contributed by atoms with Crippen LogP contribution >= 0.6 is 38.9 Å². The van der Waals surface area contributed by atoms with Crippen LogP contribution in [-0.2, 0) is 6.42 Å². The maximum Gasteiger partial charge on any atom is 0.196 e. The van der Waals surface area contributed by atoms with Gasteiger partial charge in [0.05, 0.1) is 14.9 Å². The van der Waals surface area contributed by atoms with Crippen molar-refractivity contribution in [1.29, 1.82) is 0 Å². The van der Waals surface area contributed by atoms with Crippen molar-refractivity contribution in [1.82, 2.24) is 4.98 Å². The Hall–Kier alpha value is -0.320. The van der Waals surface area contributed by atoms with Gasteiger partial charge in [0.1, 0.15) is 0 Å². The van der Waals surface area contributed by atoms with E-state index in [2.05, 4.69) is 33.9 Å². The summed E-state index contributed by atoms with van der Waals surface area (Å²) in [6.07, 6.45) is 2.42. The van der Waals surface area contributed by atoms with Crippen molar-refractivity contribution in [2.45, 2.75) is 13.3 Å². The van der Waals surface area contributed by atoms with Gasteiger partial charge in [0, 0.05) is 12.3 Å². The highest BCUT2D eigenvalue weighted by atomic mass is 79.9. The number of oxazole rings is 1. The van der Waals surface area contributed by atoms with E-state index in [1.54, 1.807) is 17.5 Å². The molecule has 0 aromatic carbocycles. The van der Waals surface area contributed by atoms with Gasteiger partial charge in [0.2, 0.25) is 0 Å². The van der Waals surface area contributed by atoms with Gasteiger partial charge < -0.3 is 4.42 Å². The molecular formula is C10H9BrClNOS. The molecule has 2 rings (SSSR count). The molecule has 0 atom stereocenters. The standard InChI is InChI=1S/C10H9BrClNOS/c1-6-4-8(15-10(6)11)7-5-13-9(14-7)2-3-12/h4-5H,2-3H2,1H3. The van der Waals surface area contributed by atoms with Crippen molar-refractivity contribution in [3.63, 3.8) is 0 Å². The monoisotopic (exact) mass is 305 g/mol. The zero-order valence-electron chi connectivity index (χ0n) is 8.09. The van der Waals surface area contributed by atoms with Crippen LogP contribution in [0.3, 0.4) is 0 Å². The number of aryl methyl sites for hydroxylation is 2. The SMILES string of the molecule is Cc1cc(-c2cnc(CCCl)o2)sc1Br. The summed E-state index contributed by atoms with van der Waals surface area (Å²) in [6.45, 7) is 2.06. The molecule has 0 aliphatic rings. The Bertz CT molecular complexity index is 446. The summed E-state index contributed by atoms with van der Waals surface area (Å²) in [4.78, 5) is 5.25. The topological polar surface area (TPSA) is 26.0 Å². The van der Waals surface area contributed by atoms with Gasteiger partial charge in [0.25, 0.3) is 0 Å². The van der Waals surface area contributed by atoms with Crippen LogP contribution in [0, 0.1) is 6.92 Å². The zero-order valence-corrected chi connectivity index (χ0v) is 11.2. The Balaban J connectivity index is 2.28. The van der Waals surface area contributed by atoms with E-state index in [9.17, 15) is 0 Å². The summed E-state index contributed by atoms with van der Waals surface area (Å²) in [5.74, 6) is 2.05. The number of halogens is 2. The van der Waals surface area contributed by atoms with Crippen LogP contribution in [0.1, 0.15) is 11.5 Å². The summed E-state index contributed by atoms with van der Waals surface area (Å²) in [5, 5.41) is 0. The van der Waals surface area contributed by atoms with Crippen LogP contribution in [-0.4, -0.2) is 10.9 Å². The molecule has 80 valence electrons. The number of rotatable bonds is 3. The third kappa shape index (κ3) is 2.44. The quantitative estimate of drug-likeness (QED) is 0.792. The van der Waals surface area contributed by atoms with Crippen molar-refractivity contribution < 1.29 is 4.42 Å². The van der Waals surface area contributed by atoms with Crippen molar-refractivity contribution in [3.8, 4) is 10.6 Å². The molecule has 0 fully saturated rings. The van der Waals surface area contributed by atoms with Crippen molar-refractivity contribution in [2.75, 3.05) is 5.88 Å². The van der Waals surface area contributed by atoms with Crippen molar-refractivity contribution >= 4 is 38.9 Å². The molecule has 0 saturated carbocycles. The number of thiophene rings is 1. The molecule has 0 radical (unpaired) electrons. The lowest BCUT2D eigenvalue weighted by molar-refractivity contribution is 0.515. The van der Waals surface area contributed by atoms with E-state index in [1.165, 1.54) is 5.56 Å². The van der Waals surface area contributed by atoms with Gasteiger partial charge in [-0.25, -0.2) is 4.98 Å². The highest BCUT2D eigenvalue weighted by Crippen LogP contribution is 2.34. The number of hydrogen-bond acceptors (Lipinski definition) is 3. The maximum absolute atomic E-state index is 5.62. The smallest absolute Gasteiger partial charge is 0.196 e. The average molecular weight is 307 g/mol. The second kappa shape index (κ2) is 4.68. The molecule has 0 aliphatic heterocycles. The summed E-state index contributed by atoms with van der Waals surface area (Å²) in [7, 11) is 0. The number of nitrogens with zero attached hydrogens (tertiary/aromatic N) is 1. The second-order valence-corrected chi connectivity index (χ2v) is 5.87. The van der Waals surface area contributed by atoms with Crippen LogP contribution in [0.15, 0.2) is 20.5 Å². The Morgan fingerprint density at radius 3 is 3.00 bits per heavy atom. The van der Waals surface area contributed by atoms with E-state index >= 15 is 0 Å². The van der Waals surface area contributed by atoms with E-state index in [1.807, 2.05) is 0 Å². The fourth-order valence-corrected chi connectivity index (χ4v) is 2.84. The molecule has 0 aliphatic carbocycles. The van der Waals surface area contributed by atoms with Gasteiger partial charge in [-0.05, 0) is 34.5 Å². The highest BCUT2D eigenvalue weighted by molar-refractivity contribution is 9.11. The van der Waals surface area contributed by atoms with Crippen LogP contribution < -0.4 is 0 Å². The highest BCUT2D eigenvalue weighted by Gasteiger charge is 2.10. The first-order valence-corrected chi connectivity index (χ1v) is 6.62. The lowest BCUT2D eigenvalue weighted by Crippen LogP contribution is -1.83. The molecule has 0 amide bonds. The molecular weight excluding hydrogens is 298 g/mol. The third-order valence-electron chi connectivity index (χ3n) is 1.96. The normalized spacial score (nSPS) is 10.9. The summed E-state index contributed by atoms with van der Waals surface area (Å²) < 4.78 is 6.70. The van der Waals surface area contributed by atoms with Gasteiger partial charge in [-0.2, -0.15) is 0 Å². The molecule has 0 bridgehead atoms. The molecule has 2 nitrogen and oxygen atoms in total. The van der Waals surface area contributed by atoms with E-state index in [0.717, 1.165) is 14.4 Å². The molecule has 0 N–H and O–H groups in total. The lowest BCUT2D eigenvalue weighted by Gasteiger charge is -1.89. The van der Waals surface area contributed by atoms with Gasteiger partial charge in [0.15, 0.2) is 11.7 Å². The summed E-state index contributed by atoms with van der Waals surface area (Å²) >= 11 is 10.8. The number of aromatic nitrogens is 1. The maximum atomic E-state index is 5.62. The van der Waals surface area contributed by atoms with Gasteiger partial charge in [-0.3, -0.25) is 0 Å². The molecule has 2 aromatic heterocycles. The van der Waals surface area contributed by atoms with Crippen LogP contribution in [0.5, 0.6) is 0 Å². The molecule has 15 heavy (non-hydrogen) atoms. The Morgan fingerprint density at radius 1 is 1.60 bits per heavy atom. The largest absolute Gasteiger partial charge is 0.440 e. The molecule has 0 saturated heterocycles. The van der Waals surface area contributed by atoms with Crippen molar-refractivity contribution in [2.24, 2.45) is 0 Å². The Morgan fingerprint density at radius 2 is 2.40 bits per heavy atom.